The number of aromatic nitrogens is 4. The Morgan fingerprint density at radius 2 is 2.00 bits per heavy atom. The van der Waals surface area contributed by atoms with Gasteiger partial charge in [0.25, 0.3) is 0 Å². The Balaban J connectivity index is 1.65. The van der Waals surface area contributed by atoms with E-state index in [2.05, 4.69) is 25.5 Å². The summed E-state index contributed by atoms with van der Waals surface area (Å²) in [6.07, 6.45) is 3.27. The predicted molar refractivity (Wildman–Crippen MR) is 89.9 cm³/mol. The molecule has 0 aliphatic rings. The molecule has 0 unspecified atom stereocenters. The van der Waals surface area contributed by atoms with Gasteiger partial charge in [-0.3, -0.25) is 14.9 Å². The minimum absolute atomic E-state index is 0.0775. The molecule has 128 valence electrons. The number of hydrogen-bond donors (Lipinski definition) is 2. The molecule has 1 amide bonds. The van der Waals surface area contributed by atoms with E-state index in [1.807, 2.05) is 0 Å². The molecule has 2 heterocycles. The standard InChI is InChI=1S/C16H13F2N5OS/c1-9(15(24)20-13-3-2-11(17)8-12(13)18)25-16-21-14(22-23-16)10-4-6-19-7-5-10/h2-9H,1H3,(H,20,24)(H,21,22,23)/t9-/m1/s1. The molecule has 1 atom stereocenters. The maximum absolute atomic E-state index is 13.6. The Hall–Kier alpha value is -2.81. The smallest absolute Gasteiger partial charge is 0.237 e. The van der Waals surface area contributed by atoms with Gasteiger partial charge in [0, 0.05) is 24.0 Å². The fourth-order valence-electron chi connectivity index (χ4n) is 1.97. The van der Waals surface area contributed by atoms with Gasteiger partial charge in [0.2, 0.25) is 11.1 Å². The topological polar surface area (TPSA) is 83.6 Å². The van der Waals surface area contributed by atoms with Gasteiger partial charge in [-0.1, -0.05) is 11.8 Å². The summed E-state index contributed by atoms with van der Waals surface area (Å²) in [5.74, 6) is -1.42. The van der Waals surface area contributed by atoms with Crippen molar-refractivity contribution < 1.29 is 13.6 Å². The second-order valence-electron chi connectivity index (χ2n) is 5.08. The summed E-state index contributed by atoms with van der Waals surface area (Å²) in [6.45, 7) is 1.64. The summed E-state index contributed by atoms with van der Waals surface area (Å²) in [5.41, 5.74) is 0.742. The van der Waals surface area contributed by atoms with Gasteiger partial charge >= 0.3 is 0 Å². The maximum Gasteiger partial charge on any atom is 0.237 e. The van der Waals surface area contributed by atoms with Gasteiger partial charge in [-0.15, -0.1) is 5.10 Å². The van der Waals surface area contributed by atoms with Crippen molar-refractivity contribution in [3.05, 3.63) is 54.4 Å². The number of hydrogen-bond acceptors (Lipinski definition) is 5. The number of anilines is 1. The minimum Gasteiger partial charge on any atom is -0.323 e. The van der Waals surface area contributed by atoms with E-state index in [1.165, 1.54) is 6.07 Å². The van der Waals surface area contributed by atoms with E-state index in [9.17, 15) is 13.6 Å². The van der Waals surface area contributed by atoms with Gasteiger partial charge in [-0.25, -0.2) is 13.8 Å². The van der Waals surface area contributed by atoms with Crippen LogP contribution in [-0.2, 0) is 4.79 Å². The summed E-state index contributed by atoms with van der Waals surface area (Å²) in [6, 6.07) is 6.52. The van der Waals surface area contributed by atoms with Crippen LogP contribution in [-0.4, -0.2) is 31.3 Å². The highest BCUT2D eigenvalue weighted by atomic mass is 32.2. The van der Waals surface area contributed by atoms with Crippen LogP contribution in [0, 0.1) is 11.6 Å². The van der Waals surface area contributed by atoms with Gasteiger partial charge in [0.05, 0.1) is 10.9 Å². The molecule has 0 bridgehead atoms. The molecule has 0 radical (unpaired) electrons. The summed E-state index contributed by atoms with van der Waals surface area (Å²) in [7, 11) is 0. The van der Waals surface area contributed by atoms with Crippen molar-refractivity contribution in [3.63, 3.8) is 0 Å². The van der Waals surface area contributed by atoms with Crippen LogP contribution in [0.25, 0.3) is 11.4 Å². The molecule has 6 nitrogen and oxygen atoms in total. The van der Waals surface area contributed by atoms with Crippen molar-refractivity contribution in [2.45, 2.75) is 17.3 Å². The number of halogens is 2. The van der Waals surface area contributed by atoms with E-state index in [4.69, 9.17) is 0 Å². The number of rotatable bonds is 5. The Labute approximate surface area is 146 Å². The number of benzene rings is 1. The van der Waals surface area contributed by atoms with Crippen LogP contribution in [0.5, 0.6) is 0 Å². The van der Waals surface area contributed by atoms with E-state index >= 15 is 0 Å². The number of carbonyl (C=O) groups excluding carboxylic acids is 1. The molecule has 3 aromatic rings. The predicted octanol–water partition coefficient (Wildman–Crippen LogP) is 3.26. The average Bonchev–Trinajstić information content (AvgIpc) is 3.06. The van der Waals surface area contributed by atoms with Crippen LogP contribution < -0.4 is 5.32 Å². The zero-order valence-electron chi connectivity index (χ0n) is 13.0. The Bertz CT molecular complexity index is 887. The lowest BCUT2D eigenvalue weighted by Gasteiger charge is -2.10. The number of carbonyl (C=O) groups is 1. The van der Waals surface area contributed by atoms with Gasteiger partial charge in [-0.2, -0.15) is 0 Å². The Morgan fingerprint density at radius 1 is 1.24 bits per heavy atom. The number of aromatic amines is 1. The quantitative estimate of drug-likeness (QED) is 0.682. The van der Waals surface area contributed by atoms with Crippen molar-refractivity contribution in [1.82, 2.24) is 20.2 Å². The molecule has 9 heteroatoms. The highest BCUT2D eigenvalue weighted by Gasteiger charge is 2.19. The lowest BCUT2D eigenvalue weighted by molar-refractivity contribution is -0.115. The van der Waals surface area contributed by atoms with Crippen LogP contribution in [0.2, 0.25) is 0 Å². The molecular formula is C16H13F2N5OS. The zero-order valence-corrected chi connectivity index (χ0v) is 13.8. The van der Waals surface area contributed by atoms with Crippen LogP contribution in [0.15, 0.2) is 47.9 Å². The van der Waals surface area contributed by atoms with Crippen LogP contribution in [0.4, 0.5) is 14.5 Å². The first-order chi connectivity index (χ1) is 12.0. The summed E-state index contributed by atoms with van der Waals surface area (Å²) >= 11 is 1.12. The molecule has 0 aliphatic heterocycles. The number of thioether (sulfide) groups is 1. The van der Waals surface area contributed by atoms with E-state index in [0.717, 1.165) is 23.4 Å². The maximum atomic E-state index is 13.6. The van der Waals surface area contributed by atoms with Gasteiger partial charge < -0.3 is 5.32 Å². The van der Waals surface area contributed by atoms with Gasteiger partial charge in [0.1, 0.15) is 11.6 Å². The van der Waals surface area contributed by atoms with Crippen molar-refractivity contribution in [2.75, 3.05) is 5.32 Å². The molecule has 2 aromatic heterocycles. The van der Waals surface area contributed by atoms with Crippen LogP contribution in [0.3, 0.4) is 0 Å². The monoisotopic (exact) mass is 361 g/mol. The van der Waals surface area contributed by atoms with E-state index in [-0.39, 0.29) is 5.69 Å². The minimum atomic E-state index is -0.830. The number of nitrogens with one attached hydrogen (secondary N) is 2. The molecule has 0 spiro atoms. The molecule has 0 fully saturated rings. The Kier molecular flexibility index (Phi) is 5.03. The van der Waals surface area contributed by atoms with Gasteiger partial charge in [-0.05, 0) is 31.2 Å². The highest BCUT2D eigenvalue weighted by molar-refractivity contribution is 8.00. The first-order valence-corrected chi connectivity index (χ1v) is 8.16. The normalized spacial score (nSPS) is 12.0. The van der Waals surface area contributed by atoms with E-state index in [0.29, 0.717) is 17.0 Å². The van der Waals surface area contributed by atoms with Crippen LogP contribution >= 0.6 is 11.8 Å². The second kappa shape index (κ2) is 7.39. The molecule has 0 aliphatic carbocycles. The lowest BCUT2D eigenvalue weighted by Crippen LogP contribution is -2.23. The summed E-state index contributed by atoms with van der Waals surface area (Å²) in [4.78, 5) is 20.4. The molecule has 0 saturated heterocycles. The van der Waals surface area contributed by atoms with Gasteiger partial charge in [0.15, 0.2) is 5.82 Å². The molecule has 0 saturated carbocycles. The molecule has 3 rings (SSSR count). The van der Waals surface area contributed by atoms with Crippen molar-refractivity contribution in [2.24, 2.45) is 0 Å². The Morgan fingerprint density at radius 3 is 2.72 bits per heavy atom. The molecular weight excluding hydrogens is 348 g/mol. The number of nitrogens with zero attached hydrogens (tertiary/aromatic N) is 3. The second-order valence-corrected chi connectivity index (χ2v) is 6.38. The van der Waals surface area contributed by atoms with Crippen molar-refractivity contribution in [1.29, 1.82) is 0 Å². The number of H-pyrrole nitrogens is 1. The fraction of sp³-hybridized carbons (Fsp3) is 0.125. The van der Waals surface area contributed by atoms with E-state index in [1.54, 1.807) is 31.5 Å². The molecule has 1 aromatic carbocycles. The molecule has 2 N–H and O–H groups in total. The third-order valence-corrected chi connectivity index (χ3v) is 4.22. The fourth-order valence-corrected chi connectivity index (χ4v) is 2.70. The first kappa shape index (κ1) is 17.0. The largest absolute Gasteiger partial charge is 0.323 e. The molecule has 25 heavy (non-hydrogen) atoms. The van der Waals surface area contributed by atoms with Crippen molar-refractivity contribution in [3.8, 4) is 11.4 Å². The SMILES string of the molecule is C[C@@H](Sc1n[nH]c(-c2ccncc2)n1)C(=O)Nc1ccc(F)cc1F. The number of pyridine rings is 1. The average molecular weight is 361 g/mol. The lowest BCUT2D eigenvalue weighted by atomic mass is 10.3. The third-order valence-electron chi connectivity index (χ3n) is 3.26. The van der Waals surface area contributed by atoms with E-state index < -0.39 is 22.8 Å². The summed E-state index contributed by atoms with van der Waals surface area (Å²) < 4.78 is 26.5. The highest BCUT2D eigenvalue weighted by Crippen LogP contribution is 2.24. The zero-order chi connectivity index (χ0) is 17.8. The van der Waals surface area contributed by atoms with Crippen molar-refractivity contribution >= 4 is 23.4 Å². The summed E-state index contributed by atoms with van der Waals surface area (Å²) in [5, 5.41) is 9.07. The third kappa shape index (κ3) is 4.18. The first-order valence-electron chi connectivity index (χ1n) is 7.28. The van der Waals surface area contributed by atoms with Crippen LogP contribution in [0.1, 0.15) is 6.92 Å². The number of amides is 1.